The van der Waals surface area contributed by atoms with Gasteiger partial charge >= 0.3 is 5.97 Å². The first-order chi connectivity index (χ1) is 11.9. The minimum absolute atomic E-state index is 0.219. The first kappa shape index (κ1) is 24.4. The van der Waals surface area contributed by atoms with Crippen molar-refractivity contribution in [3.8, 4) is 0 Å². The van der Waals surface area contributed by atoms with Crippen molar-refractivity contribution < 1.29 is 19.5 Å². The molecule has 25 heavy (non-hydrogen) atoms. The number of carboxylic acids is 1. The van der Waals surface area contributed by atoms with Crippen LogP contribution in [0.5, 0.6) is 0 Å². The summed E-state index contributed by atoms with van der Waals surface area (Å²) in [7, 11) is 4.15. The van der Waals surface area contributed by atoms with E-state index in [1.54, 1.807) is 0 Å². The molecule has 4 heteroatoms. The summed E-state index contributed by atoms with van der Waals surface area (Å²) in [6, 6.07) is 0. The van der Waals surface area contributed by atoms with E-state index >= 15 is 0 Å². The van der Waals surface area contributed by atoms with Crippen molar-refractivity contribution in [2.45, 2.75) is 103 Å². The minimum atomic E-state index is -0.735. The third kappa shape index (κ3) is 18.0. The monoisotopic (exact) mass is 358 g/mol. The number of aliphatic hydroxyl groups excluding tert-OH is 1. The van der Waals surface area contributed by atoms with Crippen LogP contribution < -0.4 is 0 Å². The molecule has 1 unspecified atom stereocenters. The molecule has 2 N–H and O–H groups in total. The van der Waals surface area contributed by atoms with E-state index in [0.717, 1.165) is 25.9 Å². The Morgan fingerprint density at radius 3 is 1.80 bits per heavy atom. The largest absolute Gasteiger partial charge is 0.481 e. The molecule has 0 radical (unpaired) electrons. The molecular weight excluding hydrogens is 314 g/mol. The molecular formula is C21H44NO3+. The molecule has 0 aliphatic carbocycles. The molecule has 0 aromatic rings. The van der Waals surface area contributed by atoms with Gasteiger partial charge < -0.3 is 14.7 Å². The van der Waals surface area contributed by atoms with Gasteiger partial charge in [-0.25, -0.2) is 0 Å². The average molecular weight is 359 g/mol. The standard InChI is InChI=1S/C21H43NO3/c1-4-5-6-7-8-9-10-11-12-13-14-16-20(23)19-22(2,3)18-15-17-21(24)25/h20,23H,4-19H2,1-3H3/p+1. The SMILES string of the molecule is CCCCCCCCCCCCCC(O)C[N+](C)(C)CCCC(=O)O. The highest BCUT2D eigenvalue weighted by Crippen LogP contribution is 2.13. The maximum atomic E-state index is 10.6. The van der Waals surface area contributed by atoms with E-state index in [-0.39, 0.29) is 12.5 Å². The van der Waals surface area contributed by atoms with Crippen molar-refractivity contribution in [1.82, 2.24) is 0 Å². The van der Waals surface area contributed by atoms with E-state index in [2.05, 4.69) is 21.0 Å². The van der Waals surface area contributed by atoms with Crippen LogP contribution in [0.2, 0.25) is 0 Å². The maximum absolute atomic E-state index is 10.6. The maximum Gasteiger partial charge on any atom is 0.303 e. The summed E-state index contributed by atoms with van der Waals surface area (Å²) in [6.45, 7) is 3.79. The van der Waals surface area contributed by atoms with Gasteiger partial charge in [0.1, 0.15) is 12.6 Å². The van der Waals surface area contributed by atoms with E-state index in [1.165, 1.54) is 64.2 Å². The van der Waals surface area contributed by atoms with Crippen LogP contribution in [0.15, 0.2) is 0 Å². The third-order valence-electron chi connectivity index (χ3n) is 5.00. The molecule has 0 aliphatic heterocycles. The quantitative estimate of drug-likeness (QED) is 0.268. The van der Waals surface area contributed by atoms with Gasteiger partial charge in [-0.2, -0.15) is 0 Å². The van der Waals surface area contributed by atoms with Gasteiger partial charge in [0.25, 0.3) is 0 Å². The summed E-state index contributed by atoms with van der Waals surface area (Å²) in [6.07, 6.45) is 16.1. The fourth-order valence-corrected chi connectivity index (χ4v) is 3.46. The summed E-state index contributed by atoms with van der Waals surface area (Å²) in [4.78, 5) is 10.6. The van der Waals surface area contributed by atoms with Crippen molar-refractivity contribution in [2.75, 3.05) is 27.2 Å². The highest BCUT2D eigenvalue weighted by Gasteiger charge is 2.20. The summed E-state index contributed by atoms with van der Waals surface area (Å²) < 4.78 is 0.701. The lowest BCUT2D eigenvalue weighted by molar-refractivity contribution is -0.893. The molecule has 0 bridgehead atoms. The number of aliphatic hydroxyl groups is 1. The fraction of sp³-hybridized carbons (Fsp3) is 0.952. The third-order valence-corrected chi connectivity index (χ3v) is 5.00. The molecule has 0 aliphatic rings. The van der Waals surface area contributed by atoms with Crippen molar-refractivity contribution >= 4 is 5.97 Å². The van der Waals surface area contributed by atoms with E-state index in [1.807, 2.05) is 0 Å². The first-order valence-corrected chi connectivity index (χ1v) is 10.6. The van der Waals surface area contributed by atoms with Crippen LogP contribution in [0.3, 0.4) is 0 Å². The Morgan fingerprint density at radius 1 is 0.840 bits per heavy atom. The van der Waals surface area contributed by atoms with E-state index in [0.29, 0.717) is 10.9 Å². The zero-order valence-electron chi connectivity index (χ0n) is 17.1. The molecule has 0 saturated heterocycles. The zero-order valence-corrected chi connectivity index (χ0v) is 17.1. The first-order valence-electron chi connectivity index (χ1n) is 10.6. The summed E-state index contributed by atoms with van der Waals surface area (Å²) in [5, 5.41) is 18.9. The predicted molar refractivity (Wildman–Crippen MR) is 106 cm³/mol. The lowest BCUT2D eigenvalue weighted by Crippen LogP contribution is -2.46. The van der Waals surface area contributed by atoms with Gasteiger partial charge in [-0.05, 0) is 6.42 Å². The van der Waals surface area contributed by atoms with Gasteiger partial charge in [-0.3, -0.25) is 4.79 Å². The van der Waals surface area contributed by atoms with E-state index < -0.39 is 5.97 Å². The Balaban J connectivity index is 3.47. The topological polar surface area (TPSA) is 57.5 Å². The molecule has 0 heterocycles. The molecule has 0 fully saturated rings. The lowest BCUT2D eigenvalue weighted by atomic mass is 10.0. The van der Waals surface area contributed by atoms with Crippen LogP contribution in [-0.2, 0) is 4.79 Å². The molecule has 0 rings (SSSR count). The van der Waals surface area contributed by atoms with Crippen LogP contribution in [0.25, 0.3) is 0 Å². The van der Waals surface area contributed by atoms with Crippen molar-refractivity contribution in [3.63, 3.8) is 0 Å². The Morgan fingerprint density at radius 2 is 1.32 bits per heavy atom. The number of hydrogen-bond donors (Lipinski definition) is 2. The van der Waals surface area contributed by atoms with Crippen LogP contribution in [0.4, 0.5) is 0 Å². The van der Waals surface area contributed by atoms with Crippen molar-refractivity contribution in [1.29, 1.82) is 0 Å². The molecule has 0 amide bonds. The lowest BCUT2D eigenvalue weighted by Gasteiger charge is -2.31. The number of aliphatic carboxylic acids is 1. The number of nitrogens with zero attached hydrogens (tertiary/aromatic N) is 1. The number of likely N-dealkylation sites (N-methyl/N-ethyl adjacent to an activating group) is 1. The molecule has 150 valence electrons. The molecule has 1 atom stereocenters. The zero-order chi connectivity index (χ0) is 19.0. The highest BCUT2D eigenvalue weighted by molar-refractivity contribution is 5.66. The van der Waals surface area contributed by atoms with Gasteiger partial charge in [0, 0.05) is 6.42 Å². The molecule has 4 nitrogen and oxygen atoms in total. The summed E-state index contributed by atoms with van der Waals surface area (Å²) in [5.41, 5.74) is 0. The Labute approximate surface area is 156 Å². The Bertz CT molecular complexity index is 318. The normalized spacial score (nSPS) is 13.1. The molecule has 0 aromatic carbocycles. The number of carbonyl (C=O) groups is 1. The second-order valence-electron chi connectivity index (χ2n) is 8.32. The van der Waals surface area contributed by atoms with Crippen LogP contribution in [-0.4, -0.2) is 54.0 Å². The van der Waals surface area contributed by atoms with Crippen molar-refractivity contribution in [3.05, 3.63) is 0 Å². The molecule has 0 spiro atoms. The Kier molecular flexibility index (Phi) is 15.2. The van der Waals surface area contributed by atoms with Gasteiger partial charge in [0.2, 0.25) is 0 Å². The van der Waals surface area contributed by atoms with Crippen molar-refractivity contribution in [2.24, 2.45) is 0 Å². The highest BCUT2D eigenvalue weighted by atomic mass is 16.4. The number of quaternary nitrogens is 1. The Hall–Kier alpha value is -0.610. The summed E-state index contributed by atoms with van der Waals surface area (Å²) in [5.74, 6) is -0.735. The van der Waals surface area contributed by atoms with Crippen LogP contribution in [0.1, 0.15) is 96.8 Å². The minimum Gasteiger partial charge on any atom is -0.481 e. The average Bonchev–Trinajstić information content (AvgIpc) is 2.51. The van der Waals surface area contributed by atoms with Gasteiger partial charge in [0.15, 0.2) is 0 Å². The number of hydrogen-bond acceptors (Lipinski definition) is 2. The fourth-order valence-electron chi connectivity index (χ4n) is 3.46. The van der Waals surface area contributed by atoms with Gasteiger partial charge in [-0.1, -0.05) is 77.6 Å². The van der Waals surface area contributed by atoms with Crippen LogP contribution in [0, 0.1) is 0 Å². The number of rotatable bonds is 18. The molecule has 0 aromatic heterocycles. The second-order valence-corrected chi connectivity index (χ2v) is 8.32. The number of unbranched alkanes of at least 4 members (excludes halogenated alkanes) is 10. The second kappa shape index (κ2) is 15.6. The van der Waals surface area contributed by atoms with Gasteiger partial charge in [-0.15, -0.1) is 0 Å². The smallest absolute Gasteiger partial charge is 0.303 e. The van der Waals surface area contributed by atoms with E-state index in [4.69, 9.17) is 5.11 Å². The molecule has 0 saturated carbocycles. The van der Waals surface area contributed by atoms with Gasteiger partial charge in [0.05, 0.1) is 27.1 Å². The van der Waals surface area contributed by atoms with Crippen LogP contribution >= 0.6 is 0 Å². The van der Waals surface area contributed by atoms with E-state index in [9.17, 15) is 9.90 Å². The number of carboxylic acid groups (broad SMARTS) is 1. The predicted octanol–water partition coefficient (Wildman–Crippen LogP) is 4.99. The summed E-state index contributed by atoms with van der Waals surface area (Å²) >= 11 is 0.